The number of ether oxygens (including phenoxy) is 1. The van der Waals surface area contributed by atoms with Gasteiger partial charge in [0.15, 0.2) is 5.96 Å². The molecule has 1 atom stereocenters. The SMILES string of the molecule is CCNC(=NCCn1cccn1)NC(C)c1nc(C)c(C(=O)OCC)s1. The van der Waals surface area contributed by atoms with Gasteiger partial charge in [-0.25, -0.2) is 9.78 Å². The normalized spacial score (nSPS) is 12.7. The second kappa shape index (κ2) is 9.91. The number of hydrogen-bond acceptors (Lipinski definition) is 6. The maximum Gasteiger partial charge on any atom is 0.350 e. The van der Waals surface area contributed by atoms with Gasteiger partial charge in [0.2, 0.25) is 0 Å². The van der Waals surface area contributed by atoms with Gasteiger partial charge in [-0.3, -0.25) is 9.67 Å². The van der Waals surface area contributed by atoms with Crippen molar-refractivity contribution in [2.24, 2.45) is 4.99 Å². The topological polar surface area (TPSA) is 93.4 Å². The summed E-state index contributed by atoms with van der Waals surface area (Å²) in [5, 5.41) is 11.5. The van der Waals surface area contributed by atoms with Crippen LogP contribution in [0.1, 0.15) is 47.2 Å². The quantitative estimate of drug-likeness (QED) is 0.415. The zero-order valence-corrected chi connectivity index (χ0v) is 16.5. The average Bonchev–Trinajstić information content (AvgIpc) is 3.25. The van der Waals surface area contributed by atoms with Crippen LogP contribution < -0.4 is 10.6 Å². The van der Waals surface area contributed by atoms with Gasteiger partial charge in [0.05, 0.1) is 31.4 Å². The summed E-state index contributed by atoms with van der Waals surface area (Å²) in [7, 11) is 0. The van der Waals surface area contributed by atoms with Crippen LogP contribution in [0, 0.1) is 6.92 Å². The number of nitrogens with one attached hydrogen (secondary N) is 2. The van der Waals surface area contributed by atoms with Gasteiger partial charge < -0.3 is 15.4 Å². The summed E-state index contributed by atoms with van der Waals surface area (Å²) in [5.74, 6) is 0.387. The minimum atomic E-state index is -0.319. The number of carbonyl (C=O) groups is 1. The number of esters is 1. The van der Waals surface area contributed by atoms with Crippen LogP contribution in [0.25, 0.3) is 0 Å². The number of hydrogen-bond donors (Lipinski definition) is 2. The molecule has 2 rings (SSSR count). The van der Waals surface area contributed by atoms with Crippen molar-refractivity contribution in [3.8, 4) is 0 Å². The summed E-state index contributed by atoms with van der Waals surface area (Å²) < 4.78 is 6.92. The van der Waals surface area contributed by atoms with Gasteiger partial charge in [0.25, 0.3) is 0 Å². The van der Waals surface area contributed by atoms with E-state index in [1.165, 1.54) is 11.3 Å². The number of nitrogens with zero attached hydrogens (tertiary/aromatic N) is 4. The number of carbonyl (C=O) groups excluding carboxylic acids is 1. The number of aromatic nitrogens is 3. The van der Waals surface area contributed by atoms with Crippen LogP contribution in [-0.4, -0.2) is 46.4 Å². The zero-order chi connectivity index (χ0) is 18.9. The molecule has 0 radical (unpaired) electrons. The fourth-order valence-electron chi connectivity index (χ4n) is 2.27. The van der Waals surface area contributed by atoms with Crippen molar-refractivity contribution in [1.82, 2.24) is 25.4 Å². The molecule has 0 aliphatic rings. The van der Waals surface area contributed by atoms with Crippen molar-refractivity contribution in [2.75, 3.05) is 19.7 Å². The van der Waals surface area contributed by atoms with Crippen LogP contribution in [0.3, 0.4) is 0 Å². The van der Waals surface area contributed by atoms with Crippen LogP contribution in [0.15, 0.2) is 23.5 Å². The highest BCUT2D eigenvalue weighted by atomic mass is 32.1. The van der Waals surface area contributed by atoms with E-state index >= 15 is 0 Å². The Bertz CT molecular complexity index is 726. The molecule has 2 N–H and O–H groups in total. The van der Waals surface area contributed by atoms with Gasteiger partial charge >= 0.3 is 5.97 Å². The van der Waals surface area contributed by atoms with E-state index in [0.717, 1.165) is 11.6 Å². The predicted molar refractivity (Wildman–Crippen MR) is 103 cm³/mol. The van der Waals surface area contributed by atoms with Gasteiger partial charge in [0.1, 0.15) is 9.88 Å². The van der Waals surface area contributed by atoms with Gasteiger partial charge in [-0.05, 0) is 33.8 Å². The molecule has 0 amide bonds. The second-order valence-electron chi connectivity index (χ2n) is 5.58. The molecular formula is C17H26N6O2S. The fraction of sp³-hybridized carbons (Fsp3) is 0.529. The van der Waals surface area contributed by atoms with E-state index in [-0.39, 0.29) is 12.0 Å². The van der Waals surface area contributed by atoms with Crippen molar-refractivity contribution in [3.05, 3.63) is 34.0 Å². The lowest BCUT2D eigenvalue weighted by atomic mass is 10.3. The molecule has 0 aromatic carbocycles. The molecule has 0 aliphatic carbocycles. The summed E-state index contributed by atoms with van der Waals surface area (Å²) in [6.45, 7) is 10.0. The average molecular weight is 379 g/mol. The Balaban J connectivity index is 2.01. The molecule has 8 nitrogen and oxygen atoms in total. The summed E-state index contributed by atoms with van der Waals surface area (Å²) in [4.78, 5) is 21.6. The Kier molecular flexibility index (Phi) is 7.58. The van der Waals surface area contributed by atoms with E-state index in [0.29, 0.717) is 36.2 Å². The van der Waals surface area contributed by atoms with Crippen molar-refractivity contribution in [1.29, 1.82) is 0 Å². The van der Waals surface area contributed by atoms with Gasteiger partial charge in [-0.2, -0.15) is 5.10 Å². The third kappa shape index (κ3) is 5.55. The molecule has 0 spiro atoms. The van der Waals surface area contributed by atoms with E-state index in [1.54, 1.807) is 13.1 Å². The summed E-state index contributed by atoms with van der Waals surface area (Å²) in [6.07, 6.45) is 3.66. The van der Waals surface area contributed by atoms with Gasteiger partial charge in [-0.15, -0.1) is 11.3 Å². The Hall–Kier alpha value is -2.42. The molecule has 0 bridgehead atoms. The third-order valence-corrected chi connectivity index (χ3v) is 4.82. The number of guanidine groups is 1. The molecule has 0 fully saturated rings. The Morgan fingerprint density at radius 3 is 2.92 bits per heavy atom. The van der Waals surface area contributed by atoms with Crippen molar-refractivity contribution in [2.45, 2.75) is 40.3 Å². The largest absolute Gasteiger partial charge is 0.462 e. The predicted octanol–water partition coefficient (Wildman–Crippen LogP) is 2.14. The monoisotopic (exact) mass is 378 g/mol. The van der Waals surface area contributed by atoms with Crippen LogP contribution in [-0.2, 0) is 11.3 Å². The van der Waals surface area contributed by atoms with Gasteiger partial charge in [0, 0.05) is 18.9 Å². The van der Waals surface area contributed by atoms with Crippen LogP contribution in [0.4, 0.5) is 0 Å². The molecule has 0 saturated carbocycles. The zero-order valence-electron chi connectivity index (χ0n) is 15.7. The summed E-state index contributed by atoms with van der Waals surface area (Å²) >= 11 is 1.35. The smallest absolute Gasteiger partial charge is 0.350 e. The minimum absolute atomic E-state index is 0.0793. The number of rotatable bonds is 8. The van der Waals surface area contributed by atoms with Crippen molar-refractivity contribution < 1.29 is 9.53 Å². The first-order valence-electron chi connectivity index (χ1n) is 8.71. The maximum absolute atomic E-state index is 12.0. The lowest BCUT2D eigenvalue weighted by Crippen LogP contribution is -2.39. The van der Waals surface area contributed by atoms with E-state index in [1.807, 2.05) is 37.7 Å². The number of thiazole rings is 1. The molecule has 2 heterocycles. The summed E-state index contributed by atoms with van der Waals surface area (Å²) in [6, 6.07) is 1.81. The highest BCUT2D eigenvalue weighted by Crippen LogP contribution is 2.24. The first kappa shape index (κ1) is 19.9. The van der Waals surface area contributed by atoms with E-state index in [9.17, 15) is 4.79 Å². The van der Waals surface area contributed by atoms with Crippen LogP contribution in [0.5, 0.6) is 0 Å². The second-order valence-corrected chi connectivity index (χ2v) is 6.61. The number of aliphatic imine (C=N–C) groups is 1. The molecule has 1 unspecified atom stereocenters. The minimum Gasteiger partial charge on any atom is -0.462 e. The molecule has 0 saturated heterocycles. The Labute approximate surface area is 157 Å². The molecule has 9 heteroatoms. The molecule has 2 aromatic rings. The maximum atomic E-state index is 12.0. The highest BCUT2D eigenvalue weighted by Gasteiger charge is 2.20. The van der Waals surface area contributed by atoms with Crippen LogP contribution >= 0.6 is 11.3 Å². The van der Waals surface area contributed by atoms with Gasteiger partial charge in [-0.1, -0.05) is 0 Å². The Morgan fingerprint density at radius 2 is 2.27 bits per heavy atom. The molecule has 26 heavy (non-hydrogen) atoms. The first-order valence-corrected chi connectivity index (χ1v) is 9.53. The fourth-order valence-corrected chi connectivity index (χ4v) is 3.24. The standard InChI is InChI=1S/C17H26N6O2S/c1-5-18-17(19-9-11-23-10-7-8-20-23)22-13(4)15-21-12(3)14(26-15)16(24)25-6-2/h7-8,10,13H,5-6,9,11H2,1-4H3,(H2,18,19,22). The highest BCUT2D eigenvalue weighted by molar-refractivity contribution is 7.13. The van der Waals surface area contributed by atoms with E-state index < -0.39 is 0 Å². The lowest BCUT2D eigenvalue weighted by molar-refractivity contribution is 0.0531. The summed E-state index contributed by atoms with van der Waals surface area (Å²) in [5.41, 5.74) is 0.692. The molecule has 0 aliphatic heterocycles. The van der Waals surface area contributed by atoms with E-state index in [2.05, 4.69) is 25.7 Å². The number of aryl methyl sites for hydroxylation is 1. The third-order valence-electron chi connectivity index (χ3n) is 3.50. The van der Waals surface area contributed by atoms with Crippen molar-refractivity contribution in [3.63, 3.8) is 0 Å². The van der Waals surface area contributed by atoms with Crippen molar-refractivity contribution >= 4 is 23.3 Å². The molecule has 142 valence electrons. The van der Waals surface area contributed by atoms with Crippen LogP contribution in [0.2, 0.25) is 0 Å². The molecular weight excluding hydrogens is 352 g/mol. The van der Waals surface area contributed by atoms with E-state index in [4.69, 9.17) is 4.74 Å². The lowest BCUT2D eigenvalue weighted by Gasteiger charge is -2.16. The Morgan fingerprint density at radius 1 is 1.46 bits per heavy atom. The molecule has 2 aromatic heterocycles. The first-order chi connectivity index (χ1) is 12.5.